The molecule has 111 heavy (non-hydrogen) atoms. The first kappa shape index (κ1) is 79.2. The minimum Gasteiger partial charge on any atom is -0.260 e. The predicted octanol–water partition coefficient (Wildman–Crippen LogP) is 28.0. The topological polar surface area (TPSA) is 103 Å². The lowest BCUT2D eigenvalue weighted by Crippen LogP contribution is -2.31. The Morgan fingerprint density at radius 2 is 0.595 bits per heavy atom. The van der Waals surface area contributed by atoms with E-state index in [1.165, 1.54) is 178 Å². The van der Waals surface area contributed by atoms with Gasteiger partial charge in [-0.15, -0.1) is 0 Å². The third-order valence-electron chi connectivity index (χ3n) is 23.4. The highest BCUT2D eigenvalue weighted by molar-refractivity contribution is 5.67. The van der Waals surface area contributed by atoms with Gasteiger partial charge in [-0.1, -0.05) is 255 Å². The van der Waals surface area contributed by atoms with Crippen molar-refractivity contribution in [2.45, 2.75) is 250 Å². The summed E-state index contributed by atoms with van der Waals surface area (Å²) in [5.41, 5.74) is 30.5. The van der Waals surface area contributed by atoms with Gasteiger partial charge in [0.25, 0.3) is 0 Å². The van der Waals surface area contributed by atoms with E-state index in [4.69, 9.17) is 4.98 Å². The number of rotatable bonds is 18. The number of nitrogens with zero attached hydrogens (tertiary/aromatic N) is 8. The van der Waals surface area contributed by atoms with E-state index >= 15 is 0 Å². The molecule has 6 aliphatic carbocycles. The zero-order chi connectivity index (χ0) is 77.8. The Balaban J connectivity index is 0.000000117. The molecule has 0 atom stereocenters. The summed E-state index contributed by atoms with van der Waals surface area (Å²) < 4.78 is 0. The summed E-state index contributed by atoms with van der Waals surface area (Å²) in [5, 5.41) is 8.70. The van der Waals surface area contributed by atoms with Gasteiger partial charge < -0.3 is 0 Å². The Hall–Kier alpha value is -9.92. The molecular weight excluding hydrogens is 1350 g/mol. The van der Waals surface area contributed by atoms with Crippen LogP contribution < -0.4 is 0 Å². The Bertz CT molecular complexity index is 4540. The predicted molar refractivity (Wildman–Crippen MR) is 464 cm³/mol. The van der Waals surface area contributed by atoms with Crippen LogP contribution in [0.25, 0.3) is 67.2 Å². The van der Waals surface area contributed by atoms with Crippen LogP contribution >= 0.6 is 0 Å². The van der Waals surface area contributed by atoms with E-state index in [1.54, 1.807) is 0 Å². The molecule has 18 rings (SSSR count). The monoisotopic (exact) mass is 1470 g/mol. The van der Waals surface area contributed by atoms with Gasteiger partial charge in [-0.05, 0) is 229 Å². The summed E-state index contributed by atoms with van der Waals surface area (Å²) in [7, 11) is 0. The molecule has 0 aliphatic heterocycles. The maximum atomic E-state index is 4.72. The molecule has 0 saturated heterocycles. The van der Waals surface area contributed by atoms with Crippen LogP contribution in [0, 0.1) is 0 Å². The van der Waals surface area contributed by atoms with Crippen LogP contribution in [-0.4, -0.2) is 40.1 Å². The van der Waals surface area contributed by atoms with Gasteiger partial charge in [0.1, 0.15) is 0 Å². The van der Waals surface area contributed by atoms with Crippen LogP contribution in [0.1, 0.15) is 307 Å². The quantitative estimate of drug-likeness (QED) is 0.0837. The Labute approximate surface area is 664 Å². The van der Waals surface area contributed by atoms with Gasteiger partial charge in [0.15, 0.2) is 0 Å². The smallest absolute Gasteiger partial charge is 0.0929 e. The second-order valence-corrected chi connectivity index (χ2v) is 34.7. The Morgan fingerprint density at radius 1 is 0.252 bits per heavy atom. The molecule has 6 heterocycles. The molecule has 6 saturated carbocycles. The maximum absolute atomic E-state index is 4.72. The van der Waals surface area contributed by atoms with Crippen LogP contribution in [-0.2, 0) is 10.8 Å². The summed E-state index contributed by atoms with van der Waals surface area (Å²) in [6, 6.07) is 74.1. The summed E-state index contributed by atoms with van der Waals surface area (Å²) in [5.74, 6) is 6.23. The molecule has 6 aromatic carbocycles. The van der Waals surface area contributed by atoms with E-state index in [1.807, 2.05) is 31.0 Å². The molecule has 6 fully saturated rings. The molecule has 0 radical (unpaired) electrons. The van der Waals surface area contributed by atoms with Gasteiger partial charge in [-0.3, -0.25) is 29.9 Å². The Morgan fingerprint density at radius 3 is 0.919 bits per heavy atom. The van der Waals surface area contributed by atoms with Crippen molar-refractivity contribution in [1.82, 2.24) is 40.1 Å². The van der Waals surface area contributed by atoms with Crippen molar-refractivity contribution in [3.63, 3.8) is 0 Å². The minimum atomic E-state index is 0.332. The first-order chi connectivity index (χ1) is 53.6. The zero-order valence-electron chi connectivity index (χ0n) is 68.6. The molecule has 8 nitrogen and oxygen atoms in total. The molecule has 8 heteroatoms. The molecule has 6 aromatic heterocycles. The van der Waals surface area contributed by atoms with Crippen molar-refractivity contribution in [1.29, 1.82) is 0 Å². The molecule has 0 amide bonds. The molecule has 6 aliphatic rings. The van der Waals surface area contributed by atoms with Crippen molar-refractivity contribution in [3.05, 3.63) is 311 Å². The van der Waals surface area contributed by atoms with Gasteiger partial charge in [0.05, 0.1) is 34.7 Å². The number of benzene rings is 6. The average molecular weight is 1470 g/mol. The standard InChI is InChI=1S/C19H23N.C18H21N.2C17H19N.2C16H18N2/c1-14(2)15-6-4-7-16(12-15)17-8-9-18(20-13-17)19(3)10-5-11-19;1-13(2)14-5-4-6-15(11-14)16-7-8-17(19-12-16)18(3)9-10-18;1-12(2)14-4-3-5-15(10-14)16-8-9-17(18-11-16)13-6-7-13;1-12(2)14-4-3-5-15(10-14)17-9-8-16(11-18-17)13-6-7-13;1-11(2)13-4-3-5-14(8-13)16-10-17-15(9-18-16)12-6-7-12;1-11(2)13-4-3-5-14(10-13)16-9-8-15(17-18-16)12-6-7-12/h4,6-9,12-14H,5,10-11H2,1-3H3;4-8,11-13H,9-10H2,1-3H3;2*3-5,8-13H,6-7H2,1-2H3;2*3-5,8-12H,6-7H2,1-2H3. The fraction of sp³-hybridized carbons (Fsp3) is 0.379. The fourth-order valence-electron chi connectivity index (χ4n) is 14.3. The first-order valence-electron chi connectivity index (χ1n) is 41.7. The highest BCUT2D eigenvalue weighted by atomic mass is 15.1. The van der Waals surface area contributed by atoms with Crippen molar-refractivity contribution in [2.24, 2.45) is 0 Å². The Kier molecular flexibility index (Phi) is 25.7. The van der Waals surface area contributed by atoms with Crippen LogP contribution in [0.2, 0.25) is 0 Å². The molecule has 0 bridgehead atoms. The lowest BCUT2D eigenvalue weighted by Gasteiger charge is -2.37. The third-order valence-corrected chi connectivity index (χ3v) is 23.4. The van der Waals surface area contributed by atoms with E-state index in [9.17, 15) is 0 Å². The zero-order valence-corrected chi connectivity index (χ0v) is 68.6. The fourth-order valence-corrected chi connectivity index (χ4v) is 14.3. The molecule has 570 valence electrons. The van der Waals surface area contributed by atoms with E-state index < -0.39 is 0 Å². The van der Waals surface area contributed by atoms with Crippen LogP contribution in [0.3, 0.4) is 0 Å². The molecule has 12 aromatic rings. The van der Waals surface area contributed by atoms with Gasteiger partial charge in [0.2, 0.25) is 0 Å². The van der Waals surface area contributed by atoms with Crippen LogP contribution in [0.15, 0.2) is 243 Å². The van der Waals surface area contributed by atoms with E-state index in [0.717, 1.165) is 51.4 Å². The lowest BCUT2D eigenvalue weighted by atomic mass is 9.68. The largest absolute Gasteiger partial charge is 0.260 e. The highest BCUT2D eigenvalue weighted by Gasteiger charge is 2.40. The van der Waals surface area contributed by atoms with Crippen molar-refractivity contribution >= 4 is 0 Å². The van der Waals surface area contributed by atoms with Gasteiger partial charge in [0, 0.05) is 110 Å². The van der Waals surface area contributed by atoms with E-state index in [-0.39, 0.29) is 0 Å². The summed E-state index contributed by atoms with van der Waals surface area (Å²) >= 11 is 0. The second-order valence-electron chi connectivity index (χ2n) is 34.7. The van der Waals surface area contributed by atoms with Crippen molar-refractivity contribution < 1.29 is 0 Å². The SMILES string of the molecule is CC(C)c1cccc(-c2ccc(C3(C)CC3)nc2)c1.CC(C)c1cccc(-c2ccc(C3(C)CCC3)nc2)c1.CC(C)c1cccc(-c2ccc(C3CC3)cn2)c1.CC(C)c1cccc(-c2ccc(C3CC3)nc2)c1.CC(C)c1cccc(-c2ccc(C3CC3)nn2)c1.CC(C)c1cccc(-c2cnc(C3CC3)cn2)c1. The normalized spacial score (nSPS) is 15.7. The van der Waals surface area contributed by atoms with Crippen LogP contribution in [0.5, 0.6) is 0 Å². The van der Waals surface area contributed by atoms with E-state index in [0.29, 0.717) is 58.2 Å². The van der Waals surface area contributed by atoms with Crippen molar-refractivity contribution in [2.75, 3.05) is 0 Å². The summed E-state index contributed by atoms with van der Waals surface area (Å²) in [6.45, 7) is 31.3. The minimum absolute atomic E-state index is 0.332. The lowest BCUT2D eigenvalue weighted by molar-refractivity contribution is 0.264. The average Bonchev–Trinajstić information content (AvgIpc) is 1.60. The number of aromatic nitrogens is 8. The third kappa shape index (κ3) is 21.6. The number of hydrogen-bond acceptors (Lipinski definition) is 8. The summed E-state index contributed by atoms with van der Waals surface area (Å²) in [4.78, 5) is 27.7. The number of pyridine rings is 4. The van der Waals surface area contributed by atoms with Gasteiger partial charge in [-0.25, -0.2) is 0 Å². The molecule has 0 spiro atoms. The maximum Gasteiger partial charge on any atom is 0.0929 e. The van der Waals surface area contributed by atoms with Gasteiger partial charge in [-0.2, -0.15) is 10.2 Å². The molecule has 0 unspecified atom stereocenters. The molecular formula is C103H118N8. The van der Waals surface area contributed by atoms with Gasteiger partial charge >= 0.3 is 0 Å². The van der Waals surface area contributed by atoms with Crippen molar-refractivity contribution in [3.8, 4) is 67.2 Å². The summed E-state index contributed by atoms with van der Waals surface area (Å²) in [6.07, 6.45) is 28.9. The van der Waals surface area contributed by atoms with E-state index in [2.05, 4.69) is 345 Å². The van der Waals surface area contributed by atoms with Crippen LogP contribution in [0.4, 0.5) is 0 Å². The highest BCUT2D eigenvalue weighted by Crippen LogP contribution is 2.48. The number of hydrogen-bond donors (Lipinski definition) is 0. The first-order valence-corrected chi connectivity index (χ1v) is 41.7. The molecule has 0 N–H and O–H groups in total. The second kappa shape index (κ2) is 36.1.